The molecule has 1 aromatic carbocycles. The first-order valence-corrected chi connectivity index (χ1v) is 6.31. The van der Waals surface area contributed by atoms with Gasteiger partial charge in [-0.05, 0) is 44.0 Å². The third kappa shape index (κ3) is 5.33. The second-order valence-corrected chi connectivity index (χ2v) is 5.76. The van der Waals surface area contributed by atoms with Crippen LogP contribution in [0, 0.1) is 0 Å². The van der Waals surface area contributed by atoms with Gasteiger partial charge in [0.1, 0.15) is 5.60 Å². The summed E-state index contributed by atoms with van der Waals surface area (Å²) >= 11 is 3.44. The Kier molecular flexibility index (Phi) is 5.15. The summed E-state index contributed by atoms with van der Waals surface area (Å²) in [5, 5.41) is 3.29. The van der Waals surface area contributed by atoms with E-state index in [1.807, 2.05) is 20.8 Å². The van der Waals surface area contributed by atoms with Crippen molar-refractivity contribution in [3.8, 4) is 0 Å². The summed E-state index contributed by atoms with van der Waals surface area (Å²) in [5.74, 6) is 0. The van der Waals surface area contributed by atoms with Gasteiger partial charge in [0.25, 0.3) is 6.47 Å². The maximum absolute atomic E-state index is 9.60. The van der Waals surface area contributed by atoms with Crippen LogP contribution in [-0.4, -0.2) is 12.1 Å². The summed E-state index contributed by atoms with van der Waals surface area (Å²) in [6.07, 6.45) is 0. The van der Waals surface area contributed by atoms with E-state index in [-0.39, 0.29) is 5.60 Å². The fraction of sp³-hybridized carbons (Fsp3) is 0.462. The Morgan fingerprint density at radius 1 is 1.29 bits per heavy atom. The van der Waals surface area contributed by atoms with Crippen molar-refractivity contribution in [3.63, 3.8) is 0 Å². The maximum Gasteiger partial charge on any atom is 0.293 e. The molecule has 0 fully saturated rings. The van der Waals surface area contributed by atoms with E-state index in [1.54, 1.807) is 0 Å². The van der Waals surface area contributed by atoms with E-state index in [2.05, 4.69) is 44.2 Å². The molecular weight excluding hydrogens is 282 g/mol. The lowest BCUT2D eigenvalue weighted by molar-refractivity contribution is -0.138. The zero-order chi connectivity index (χ0) is 12.9. The van der Waals surface area contributed by atoms with Crippen LogP contribution in [0.4, 0.5) is 0 Å². The molecule has 2 rings (SSSR count). The molecule has 0 saturated heterocycles. The van der Waals surface area contributed by atoms with E-state index in [4.69, 9.17) is 0 Å². The lowest BCUT2D eigenvalue weighted by atomic mass is 10.1. The third-order valence-electron chi connectivity index (χ3n) is 2.20. The quantitative estimate of drug-likeness (QED) is 0.810. The Balaban J connectivity index is 0.000000185. The van der Waals surface area contributed by atoms with Gasteiger partial charge in [0, 0.05) is 17.6 Å². The lowest BCUT2D eigenvalue weighted by Crippen LogP contribution is -2.17. The van der Waals surface area contributed by atoms with Crippen molar-refractivity contribution < 1.29 is 9.53 Å². The Labute approximate surface area is 111 Å². The predicted octanol–water partition coefficient (Wildman–Crippen LogP) is 3.01. The molecule has 0 radical (unpaired) electrons. The Hall–Kier alpha value is -0.870. The minimum absolute atomic E-state index is 0.318. The molecule has 0 saturated carbocycles. The maximum atomic E-state index is 9.60. The number of ether oxygens (including phenoxy) is 1. The highest BCUT2D eigenvalue weighted by Crippen LogP contribution is 2.19. The minimum Gasteiger partial charge on any atom is -0.462 e. The first-order valence-electron chi connectivity index (χ1n) is 5.52. The van der Waals surface area contributed by atoms with E-state index >= 15 is 0 Å². The van der Waals surface area contributed by atoms with Crippen LogP contribution in [0.1, 0.15) is 31.9 Å². The van der Waals surface area contributed by atoms with Crippen LogP contribution < -0.4 is 5.32 Å². The number of carbonyl (C=O) groups excluding carboxylic acids is 1. The molecule has 1 aromatic rings. The zero-order valence-corrected chi connectivity index (χ0v) is 12.0. The predicted molar refractivity (Wildman–Crippen MR) is 71.6 cm³/mol. The molecule has 0 spiro atoms. The summed E-state index contributed by atoms with van der Waals surface area (Å²) in [7, 11) is 0. The standard InChI is InChI=1S/C8H8BrN.C5H10O2/c9-8-2-1-6-4-10-5-7(6)3-8;1-5(2,3)7-4-6/h1-3,10H,4-5H2;4H,1-3H3. The topological polar surface area (TPSA) is 38.3 Å². The SMILES string of the molecule is Brc1ccc2c(c1)CNC2.CC(C)(C)OC=O. The first-order chi connectivity index (χ1) is 7.92. The fourth-order valence-electron chi connectivity index (χ4n) is 1.41. The van der Waals surface area contributed by atoms with Crippen molar-refractivity contribution in [2.75, 3.05) is 0 Å². The molecule has 0 amide bonds. The molecule has 4 heteroatoms. The Morgan fingerprint density at radius 2 is 1.94 bits per heavy atom. The van der Waals surface area contributed by atoms with Gasteiger partial charge in [-0.15, -0.1) is 0 Å². The fourth-order valence-corrected chi connectivity index (χ4v) is 1.82. The van der Waals surface area contributed by atoms with Gasteiger partial charge < -0.3 is 10.1 Å². The number of hydrogen-bond acceptors (Lipinski definition) is 3. The number of benzene rings is 1. The van der Waals surface area contributed by atoms with E-state index in [0.29, 0.717) is 6.47 Å². The third-order valence-corrected chi connectivity index (χ3v) is 2.69. The molecule has 0 aliphatic carbocycles. The number of carbonyl (C=O) groups is 1. The first kappa shape index (κ1) is 14.2. The second-order valence-electron chi connectivity index (χ2n) is 4.84. The van der Waals surface area contributed by atoms with Crippen molar-refractivity contribution in [3.05, 3.63) is 33.8 Å². The van der Waals surface area contributed by atoms with Crippen LogP contribution in [0.15, 0.2) is 22.7 Å². The van der Waals surface area contributed by atoms with Crippen molar-refractivity contribution in [1.29, 1.82) is 0 Å². The van der Waals surface area contributed by atoms with Crippen LogP contribution >= 0.6 is 15.9 Å². The summed E-state index contributed by atoms with van der Waals surface area (Å²) in [6, 6.07) is 6.43. The molecule has 0 unspecified atom stereocenters. The molecule has 17 heavy (non-hydrogen) atoms. The summed E-state index contributed by atoms with van der Waals surface area (Å²) in [5.41, 5.74) is 2.54. The molecule has 1 aliphatic rings. The average molecular weight is 300 g/mol. The highest BCUT2D eigenvalue weighted by Gasteiger charge is 2.08. The second kappa shape index (κ2) is 6.17. The molecule has 0 atom stereocenters. The summed E-state index contributed by atoms with van der Waals surface area (Å²) < 4.78 is 5.72. The summed E-state index contributed by atoms with van der Waals surface area (Å²) in [4.78, 5) is 9.60. The van der Waals surface area contributed by atoms with Crippen molar-refractivity contribution >= 4 is 22.4 Å². The normalized spacial score (nSPS) is 13.4. The van der Waals surface area contributed by atoms with Gasteiger partial charge >= 0.3 is 0 Å². The van der Waals surface area contributed by atoms with Gasteiger partial charge in [0.15, 0.2) is 0 Å². The van der Waals surface area contributed by atoms with E-state index in [9.17, 15) is 4.79 Å². The number of fused-ring (bicyclic) bond motifs is 1. The van der Waals surface area contributed by atoms with Crippen LogP contribution in [0.5, 0.6) is 0 Å². The average Bonchev–Trinajstić information content (AvgIpc) is 2.63. The Morgan fingerprint density at radius 3 is 2.47 bits per heavy atom. The van der Waals surface area contributed by atoms with Gasteiger partial charge in [-0.1, -0.05) is 22.0 Å². The number of nitrogens with one attached hydrogen (secondary N) is 1. The van der Waals surface area contributed by atoms with Gasteiger partial charge in [-0.2, -0.15) is 0 Å². The van der Waals surface area contributed by atoms with Gasteiger partial charge in [0.05, 0.1) is 0 Å². The molecular formula is C13H18BrNO2. The Bertz CT molecular complexity index is 385. The lowest BCUT2D eigenvalue weighted by Gasteiger charge is -2.14. The van der Waals surface area contributed by atoms with E-state index in [1.165, 1.54) is 15.6 Å². The van der Waals surface area contributed by atoms with Crippen LogP contribution in [-0.2, 0) is 22.6 Å². The number of hydrogen-bond donors (Lipinski definition) is 1. The number of halogens is 1. The van der Waals surface area contributed by atoms with E-state index in [0.717, 1.165) is 13.1 Å². The monoisotopic (exact) mass is 299 g/mol. The van der Waals surface area contributed by atoms with Gasteiger partial charge in [-0.3, -0.25) is 4.79 Å². The molecule has 3 nitrogen and oxygen atoms in total. The number of rotatable bonds is 1. The van der Waals surface area contributed by atoms with E-state index < -0.39 is 0 Å². The molecule has 94 valence electrons. The molecule has 1 heterocycles. The summed E-state index contributed by atoms with van der Waals surface area (Å²) in [6.45, 7) is 7.97. The van der Waals surface area contributed by atoms with Gasteiger partial charge in [0.2, 0.25) is 0 Å². The van der Waals surface area contributed by atoms with Crippen LogP contribution in [0.3, 0.4) is 0 Å². The largest absolute Gasteiger partial charge is 0.462 e. The van der Waals surface area contributed by atoms with Crippen molar-refractivity contribution in [1.82, 2.24) is 5.32 Å². The minimum atomic E-state index is -0.318. The van der Waals surface area contributed by atoms with Gasteiger partial charge in [-0.25, -0.2) is 0 Å². The molecule has 0 bridgehead atoms. The zero-order valence-electron chi connectivity index (χ0n) is 10.4. The van der Waals surface area contributed by atoms with Crippen LogP contribution in [0.2, 0.25) is 0 Å². The highest BCUT2D eigenvalue weighted by atomic mass is 79.9. The highest BCUT2D eigenvalue weighted by molar-refractivity contribution is 9.10. The van der Waals surface area contributed by atoms with Crippen molar-refractivity contribution in [2.45, 2.75) is 39.5 Å². The smallest absolute Gasteiger partial charge is 0.293 e. The van der Waals surface area contributed by atoms with Crippen molar-refractivity contribution in [2.24, 2.45) is 0 Å². The van der Waals surface area contributed by atoms with Crippen LogP contribution in [0.25, 0.3) is 0 Å². The molecule has 0 aromatic heterocycles. The molecule has 1 aliphatic heterocycles. The molecule has 1 N–H and O–H groups in total.